The zero-order valence-corrected chi connectivity index (χ0v) is 20.2. The first-order valence-corrected chi connectivity index (χ1v) is 11.6. The first-order valence-electron chi connectivity index (χ1n) is 11.6. The van der Waals surface area contributed by atoms with Crippen molar-refractivity contribution in [2.75, 3.05) is 0 Å². The van der Waals surface area contributed by atoms with Crippen molar-refractivity contribution in [3.63, 3.8) is 0 Å². The van der Waals surface area contributed by atoms with Gasteiger partial charge in [-0.25, -0.2) is 13.2 Å². The van der Waals surface area contributed by atoms with E-state index in [1.807, 2.05) is 0 Å². The molecule has 0 aliphatic carbocycles. The van der Waals surface area contributed by atoms with E-state index in [1.165, 1.54) is 0 Å². The maximum Gasteiger partial charge on any atom is 0.419 e. The van der Waals surface area contributed by atoms with Gasteiger partial charge >= 0.3 is 12.4 Å². The van der Waals surface area contributed by atoms with E-state index in [9.17, 15) is 44.3 Å². The average Bonchev–Trinajstić information content (AvgIpc) is 2.88. The van der Waals surface area contributed by atoms with Gasteiger partial charge in [0, 0.05) is 12.0 Å². The predicted molar refractivity (Wildman–Crippen MR) is 128 cm³/mol. The number of alkyl halides is 6. The largest absolute Gasteiger partial charge is 0.419 e. The number of hydrogen-bond acceptors (Lipinski definition) is 1. The van der Waals surface area contributed by atoms with Crippen LogP contribution in [0.4, 0.5) is 39.5 Å². The predicted octanol–water partition coefficient (Wildman–Crippen LogP) is 8.06. The van der Waals surface area contributed by atoms with E-state index in [0.717, 1.165) is 36.4 Å². The molecule has 2 nitrogen and oxygen atoms in total. The van der Waals surface area contributed by atoms with Crippen molar-refractivity contribution in [1.29, 1.82) is 0 Å². The highest BCUT2D eigenvalue weighted by Crippen LogP contribution is 2.39. The normalized spacial score (nSPS) is 13.5. The van der Waals surface area contributed by atoms with Crippen LogP contribution in [0.3, 0.4) is 0 Å². The summed E-state index contributed by atoms with van der Waals surface area (Å²) >= 11 is 0. The van der Waals surface area contributed by atoms with Crippen LogP contribution in [0, 0.1) is 17.5 Å². The molecule has 0 unspecified atom stereocenters. The minimum atomic E-state index is -5.15. The van der Waals surface area contributed by atoms with Crippen LogP contribution in [-0.4, -0.2) is 5.91 Å². The molecule has 0 spiro atoms. The highest BCUT2D eigenvalue weighted by Gasteiger charge is 2.41. The fourth-order valence-electron chi connectivity index (χ4n) is 4.35. The molecule has 4 aromatic carbocycles. The van der Waals surface area contributed by atoms with Crippen molar-refractivity contribution in [2.24, 2.45) is 0 Å². The van der Waals surface area contributed by atoms with Crippen molar-refractivity contribution in [1.82, 2.24) is 5.32 Å². The molecule has 1 N–H and O–H groups in total. The van der Waals surface area contributed by atoms with E-state index in [1.54, 1.807) is 30.3 Å². The smallest absolute Gasteiger partial charge is 0.338 e. The Labute approximate surface area is 222 Å². The Kier molecular flexibility index (Phi) is 7.69. The molecule has 0 aliphatic rings. The van der Waals surface area contributed by atoms with Gasteiger partial charge in [-0.15, -0.1) is 0 Å². The lowest BCUT2D eigenvalue weighted by Crippen LogP contribution is -2.49. The Morgan fingerprint density at radius 2 is 1.25 bits per heavy atom. The first-order chi connectivity index (χ1) is 18.7. The maximum absolute atomic E-state index is 14.7. The van der Waals surface area contributed by atoms with Crippen LogP contribution in [0.15, 0.2) is 91.0 Å². The van der Waals surface area contributed by atoms with Crippen LogP contribution < -0.4 is 5.32 Å². The fraction of sp³-hybridized carbons (Fsp3) is 0.138. The van der Waals surface area contributed by atoms with Gasteiger partial charge in [0.1, 0.15) is 17.5 Å². The summed E-state index contributed by atoms with van der Waals surface area (Å²) in [6, 6.07) is 15.2. The molecule has 0 fully saturated rings. The molecular formula is C29H18F9NO. The molecule has 0 aliphatic heterocycles. The summed E-state index contributed by atoms with van der Waals surface area (Å²) in [6.45, 7) is 0. The quantitative estimate of drug-likeness (QED) is 0.235. The molecule has 40 heavy (non-hydrogen) atoms. The number of rotatable bonds is 6. The van der Waals surface area contributed by atoms with Crippen molar-refractivity contribution >= 4 is 5.91 Å². The SMILES string of the molecule is O=C(N[C@](Cc1ccccc1)(c1ccc(F)cc1)c1cc(F)cc(C(F)(F)F)c1)c1ccc(F)c(C(F)(F)F)c1. The molecule has 0 aromatic heterocycles. The molecule has 1 amide bonds. The van der Waals surface area contributed by atoms with E-state index >= 15 is 0 Å². The molecule has 0 bridgehead atoms. The topological polar surface area (TPSA) is 29.1 Å². The number of benzene rings is 4. The molecule has 4 aromatic rings. The van der Waals surface area contributed by atoms with E-state index in [4.69, 9.17) is 0 Å². The van der Waals surface area contributed by atoms with Crippen LogP contribution in [-0.2, 0) is 24.3 Å². The van der Waals surface area contributed by atoms with Crippen molar-refractivity contribution in [3.8, 4) is 0 Å². The van der Waals surface area contributed by atoms with E-state index in [2.05, 4.69) is 5.32 Å². The fourth-order valence-corrected chi connectivity index (χ4v) is 4.35. The number of carbonyl (C=O) groups is 1. The van der Waals surface area contributed by atoms with Crippen molar-refractivity contribution in [2.45, 2.75) is 24.3 Å². The lowest BCUT2D eigenvalue weighted by atomic mass is 9.77. The van der Waals surface area contributed by atoms with Gasteiger partial charge in [-0.1, -0.05) is 42.5 Å². The lowest BCUT2D eigenvalue weighted by Gasteiger charge is -2.37. The van der Waals surface area contributed by atoms with E-state index in [-0.39, 0.29) is 24.1 Å². The van der Waals surface area contributed by atoms with Gasteiger partial charge in [0.25, 0.3) is 5.91 Å². The number of amides is 1. The summed E-state index contributed by atoms with van der Waals surface area (Å²) in [5.74, 6) is -4.91. The van der Waals surface area contributed by atoms with Crippen molar-refractivity contribution in [3.05, 3.63) is 142 Å². The maximum atomic E-state index is 14.7. The highest BCUT2D eigenvalue weighted by atomic mass is 19.4. The second-order valence-electron chi connectivity index (χ2n) is 8.95. The van der Waals surface area contributed by atoms with Crippen LogP contribution in [0.2, 0.25) is 0 Å². The second kappa shape index (κ2) is 10.7. The molecule has 0 saturated carbocycles. The Morgan fingerprint density at radius 3 is 1.85 bits per heavy atom. The molecule has 0 radical (unpaired) electrons. The monoisotopic (exact) mass is 567 g/mol. The summed E-state index contributed by atoms with van der Waals surface area (Å²) < 4.78 is 123. The van der Waals surface area contributed by atoms with Crippen molar-refractivity contribution < 1.29 is 44.3 Å². The minimum absolute atomic E-state index is 0.00276. The van der Waals surface area contributed by atoms with Gasteiger partial charge in [0.2, 0.25) is 0 Å². The van der Waals surface area contributed by atoms with Gasteiger partial charge in [-0.2, -0.15) is 26.3 Å². The molecule has 11 heteroatoms. The highest BCUT2D eigenvalue weighted by molar-refractivity contribution is 5.95. The number of nitrogens with one attached hydrogen (secondary N) is 1. The molecule has 0 saturated heterocycles. The Hall–Kier alpha value is -4.28. The molecule has 0 heterocycles. The van der Waals surface area contributed by atoms with E-state index in [0.29, 0.717) is 17.7 Å². The van der Waals surface area contributed by atoms with Gasteiger partial charge in [0.15, 0.2) is 0 Å². The summed E-state index contributed by atoms with van der Waals surface area (Å²) in [5, 5.41) is 2.47. The van der Waals surface area contributed by atoms with Gasteiger partial charge < -0.3 is 5.32 Å². The summed E-state index contributed by atoms with van der Waals surface area (Å²) in [4.78, 5) is 13.4. The molecule has 4 rings (SSSR count). The minimum Gasteiger partial charge on any atom is -0.338 e. The third kappa shape index (κ3) is 6.13. The second-order valence-corrected chi connectivity index (χ2v) is 8.95. The van der Waals surface area contributed by atoms with Crippen LogP contribution >= 0.6 is 0 Å². The third-order valence-corrected chi connectivity index (χ3v) is 6.23. The standard InChI is InChI=1S/C29H18F9NO/c30-22-9-7-19(8-10-22)27(16-17-4-2-1-3-5-17,20-13-21(28(33,34)35)15-23(31)14-20)39-26(40)18-6-11-25(32)24(12-18)29(36,37)38/h1-15H,16H2,(H,39,40)/t27-/m1/s1. The van der Waals surface area contributed by atoms with Crippen LogP contribution in [0.5, 0.6) is 0 Å². The summed E-state index contributed by atoms with van der Waals surface area (Å²) in [6.07, 6.45) is -10.5. The van der Waals surface area contributed by atoms with Crippen LogP contribution in [0.1, 0.15) is 38.2 Å². The third-order valence-electron chi connectivity index (χ3n) is 6.23. The van der Waals surface area contributed by atoms with Gasteiger partial charge in [-0.05, 0) is 65.2 Å². The number of carbonyl (C=O) groups excluding carboxylic acids is 1. The number of halogens is 9. The average molecular weight is 567 g/mol. The Morgan fingerprint density at radius 1 is 0.625 bits per heavy atom. The Balaban J connectivity index is 1.98. The van der Waals surface area contributed by atoms with Gasteiger partial charge in [-0.3, -0.25) is 4.79 Å². The van der Waals surface area contributed by atoms with E-state index < -0.39 is 63.5 Å². The molecular weight excluding hydrogens is 549 g/mol. The molecule has 208 valence electrons. The number of hydrogen-bond donors (Lipinski definition) is 1. The lowest BCUT2D eigenvalue weighted by molar-refractivity contribution is -0.140. The summed E-state index contributed by atoms with van der Waals surface area (Å²) in [5.41, 5.74) is -5.83. The Bertz CT molecular complexity index is 1510. The van der Waals surface area contributed by atoms with Crippen LogP contribution in [0.25, 0.3) is 0 Å². The van der Waals surface area contributed by atoms with Gasteiger partial charge in [0.05, 0.1) is 16.7 Å². The molecule has 1 atom stereocenters. The zero-order valence-electron chi connectivity index (χ0n) is 20.2. The summed E-state index contributed by atoms with van der Waals surface area (Å²) in [7, 11) is 0. The zero-order chi connectivity index (χ0) is 29.3. The first kappa shape index (κ1) is 28.7.